The van der Waals surface area contributed by atoms with Crippen LogP contribution in [0.2, 0.25) is 0 Å². The molecule has 136 valence electrons. The van der Waals surface area contributed by atoms with Crippen molar-refractivity contribution in [3.05, 3.63) is 0 Å². The van der Waals surface area contributed by atoms with E-state index in [9.17, 15) is 17.6 Å². The summed E-state index contributed by atoms with van der Waals surface area (Å²) in [5, 5.41) is 0. The van der Waals surface area contributed by atoms with E-state index < -0.39 is 6.43 Å². The first kappa shape index (κ1) is 23.9. The van der Waals surface area contributed by atoms with E-state index in [1.54, 1.807) is 0 Å². The van der Waals surface area contributed by atoms with Crippen molar-refractivity contribution in [1.82, 2.24) is 0 Å². The molecule has 0 aromatic heterocycles. The third-order valence-corrected chi connectivity index (χ3v) is 3.94. The van der Waals surface area contributed by atoms with Crippen LogP contribution < -0.4 is 0 Å². The molecule has 0 aromatic rings. The van der Waals surface area contributed by atoms with E-state index in [1.807, 2.05) is 0 Å². The second-order valence-electron chi connectivity index (χ2n) is 6.08. The van der Waals surface area contributed by atoms with E-state index >= 15 is 0 Å². The SMILES string of the molecule is CCCC[N+](CCCC)(CCCC)CCCC.FC(F)(F)F. The van der Waals surface area contributed by atoms with Crippen LogP contribution in [0.25, 0.3) is 0 Å². The maximum atomic E-state index is 9.69. The van der Waals surface area contributed by atoms with Gasteiger partial charge in [0.15, 0.2) is 0 Å². The normalized spacial score (nSPS) is 12.0. The fourth-order valence-corrected chi connectivity index (χ4v) is 2.64. The summed E-state index contributed by atoms with van der Waals surface area (Å²) in [6.07, 6.45) is 5.56. The van der Waals surface area contributed by atoms with Gasteiger partial charge in [0.05, 0.1) is 26.2 Å². The Balaban J connectivity index is 0. The molecule has 0 aliphatic heterocycles. The predicted molar refractivity (Wildman–Crippen MR) is 86.5 cm³/mol. The van der Waals surface area contributed by atoms with Gasteiger partial charge in [-0.2, -0.15) is 0 Å². The largest absolute Gasteiger partial charge is 0.559 e. The Morgan fingerprint density at radius 1 is 0.545 bits per heavy atom. The molecular formula is C17H36F4N+. The number of nitrogens with zero attached hydrogens (tertiary/aromatic N) is 1. The van der Waals surface area contributed by atoms with Gasteiger partial charge in [0.1, 0.15) is 0 Å². The molecular weight excluding hydrogens is 294 g/mol. The number of quaternary nitrogens is 1. The van der Waals surface area contributed by atoms with Gasteiger partial charge in [-0.15, -0.1) is 17.6 Å². The van der Waals surface area contributed by atoms with Crippen molar-refractivity contribution in [2.24, 2.45) is 0 Å². The first-order valence-electron chi connectivity index (χ1n) is 8.85. The zero-order valence-corrected chi connectivity index (χ0v) is 14.9. The predicted octanol–water partition coefficient (Wildman–Crippen LogP) is 6.48. The molecule has 0 bridgehead atoms. The molecule has 0 unspecified atom stereocenters. The second-order valence-corrected chi connectivity index (χ2v) is 6.08. The van der Waals surface area contributed by atoms with Crippen LogP contribution in [0, 0.1) is 0 Å². The summed E-state index contributed by atoms with van der Waals surface area (Å²) in [5.41, 5.74) is 0. The van der Waals surface area contributed by atoms with E-state index in [1.165, 1.54) is 82.0 Å². The Kier molecular flexibility index (Phi) is 15.5. The van der Waals surface area contributed by atoms with Crippen molar-refractivity contribution in [1.29, 1.82) is 0 Å². The van der Waals surface area contributed by atoms with Crippen LogP contribution in [-0.4, -0.2) is 37.1 Å². The Bertz CT molecular complexity index is 186. The summed E-state index contributed by atoms with van der Waals surface area (Å²) in [6.45, 7) is 15.0. The van der Waals surface area contributed by atoms with Gasteiger partial charge in [0.25, 0.3) is 0 Å². The molecule has 5 heteroatoms. The van der Waals surface area contributed by atoms with Crippen molar-refractivity contribution in [2.45, 2.75) is 85.5 Å². The minimum Gasteiger partial charge on any atom is -0.324 e. The Morgan fingerprint density at radius 3 is 0.864 bits per heavy atom. The maximum absolute atomic E-state index is 9.69. The molecule has 0 heterocycles. The molecule has 0 saturated heterocycles. The van der Waals surface area contributed by atoms with Crippen LogP contribution in [0.3, 0.4) is 0 Å². The van der Waals surface area contributed by atoms with Gasteiger partial charge < -0.3 is 4.48 Å². The van der Waals surface area contributed by atoms with E-state index in [2.05, 4.69) is 27.7 Å². The first-order chi connectivity index (χ1) is 10.2. The number of hydrogen-bond acceptors (Lipinski definition) is 0. The van der Waals surface area contributed by atoms with Crippen molar-refractivity contribution in [3.8, 4) is 0 Å². The molecule has 0 radical (unpaired) electrons. The minimum absolute atomic E-state index is 1.35. The fraction of sp³-hybridized carbons (Fsp3) is 1.00. The molecule has 0 saturated carbocycles. The van der Waals surface area contributed by atoms with Gasteiger partial charge in [0, 0.05) is 0 Å². The molecule has 22 heavy (non-hydrogen) atoms. The number of unbranched alkanes of at least 4 members (excludes halogenated alkanes) is 4. The van der Waals surface area contributed by atoms with Crippen molar-refractivity contribution >= 4 is 0 Å². The van der Waals surface area contributed by atoms with Gasteiger partial charge in [0.2, 0.25) is 0 Å². The Labute approximate surface area is 134 Å². The third kappa shape index (κ3) is 17.7. The maximum Gasteiger partial charge on any atom is 0.559 e. The Morgan fingerprint density at radius 2 is 0.727 bits per heavy atom. The van der Waals surface area contributed by atoms with Crippen molar-refractivity contribution < 1.29 is 22.0 Å². The highest BCUT2D eigenvalue weighted by Crippen LogP contribution is 2.16. The molecule has 0 aliphatic rings. The molecule has 0 N–H and O–H groups in total. The van der Waals surface area contributed by atoms with Gasteiger partial charge >= 0.3 is 6.43 Å². The number of halogens is 4. The van der Waals surface area contributed by atoms with Crippen molar-refractivity contribution in [3.63, 3.8) is 0 Å². The lowest BCUT2D eigenvalue weighted by Crippen LogP contribution is -2.50. The van der Waals surface area contributed by atoms with Crippen LogP contribution in [0.5, 0.6) is 0 Å². The van der Waals surface area contributed by atoms with Crippen LogP contribution in [0.1, 0.15) is 79.1 Å². The highest BCUT2D eigenvalue weighted by molar-refractivity contribution is 4.49. The van der Waals surface area contributed by atoms with Crippen LogP contribution >= 0.6 is 0 Å². The quantitative estimate of drug-likeness (QED) is 0.284. The molecule has 0 aromatic carbocycles. The minimum atomic E-state index is -5.50. The van der Waals surface area contributed by atoms with Crippen LogP contribution in [-0.2, 0) is 0 Å². The molecule has 0 fully saturated rings. The standard InChI is InChI=1S/C16H36N.CF4/c1-5-9-13-17(14-10-6-2,15-11-7-3)16-12-8-4;2-1(3,4)5/h5-16H2,1-4H3;/q+1;. The highest BCUT2D eigenvalue weighted by atomic mass is 19.5. The summed E-state index contributed by atoms with van der Waals surface area (Å²) in [6, 6.07) is 0. The fourth-order valence-electron chi connectivity index (χ4n) is 2.64. The lowest BCUT2D eigenvalue weighted by atomic mass is 10.1. The number of rotatable bonds is 12. The molecule has 0 atom stereocenters. The summed E-state index contributed by atoms with van der Waals surface area (Å²) < 4.78 is 40.2. The average molecular weight is 330 g/mol. The number of alkyl halides is 4. The molecule has 0 amide bonds. The van der Waals surface area contributed by atoms with Crippen molar-refractivity contribution in [2.75, 3.05) is 26.2 Å². The van der Waals surface area contributed by atoms with E-state index in [0.29, 0.717) is 0 Å². The average Bonchev–Trinajstić information content (AvgIpc) is 2.44. The molecule has 0 aliphatic carbocycles. The smallest absolute Gasteiger partial charge is 0.324 e. The zero-order chi connectivity index (χ0) is 17.5. The summed E-state index contributed by atoms with van der Waals surface area (Å²) in [4.78, 5) is 0. The van der Waals surface area contributed by atoms with Crippen LogP contribution in [0.4, 0.5) is 17.6 Å². The lowest BCUT2D eigenvalue weighted by molar-refractivity contribution is -0.929. The molecule has 0 rings (SSSR count). The number of hydrogen-bond donors (Lipinski definition) is 0. The van der Waals surface area contributed by atoms with Crippen LogP contribution in [0.15, 0.2) is 0 Å². The van der Waals surface area contributed by atoms with Gasteiger partial charge in [-0.05, 0) is 25.7 Å². The Hall–Kier alpha value is -0.320. The highest BCUT2D eigenvalue weighted by Gasteiger charge is 2.25. The van der Waals surface area contributed by atoms with Gasteiger partial charge in [-0.25, -0.2) is 0 Å². The van der Waals surface area contributed by atoms with E-state index in [4.69, 9.17) is 0 Å². The van der Waals surface area contributed by atoms with Gasteiger partial charge in [-0.3, -0.25) is 0 Å². The summed E-state index contributed by atoms with van der Waals surface area (Å²) in [5.74, 6) is 0. The molecule has 1 nitrogen and oxygen atoms in total. The topological polar surface area (TPSA) is 0 Å². The molecule has 0 spiro atoms. The van der Waals surface area contributed by atoms with Gasteiger partial charge in [-0.1, -0.05) is 53.4 Å². The van der Waals surface area contributed by atoms with E-state index in [0.717, 1.165) is 0 Å². The zero-order valence-electron chi connectivity index (χ0n) is 14.9. The summed E-state index contributed by atoms with van der Waals surface area (Å²) in [7, 11) is 0. The first-order valence-corrected chi connectivity index (χ1v) is 8.85. The monoisotopic (exact) mass is 330 g/mol. The second kappa shape index (κ2) is 14.3. The summed E-state index contributed by atoms with van der Waals surface area (Å²) >= 11 is 0. The lowest BCUT2D eigenvalue weighted by Gasteiger charge is -2.39. The third-order valence-electron chi connectivity index (χ3n) is 3.94. The van der Waals surface area contributed by atoms with E-state index in [-0.39, 0.29) is 0 Å².